The zero-order valence-electron chi connectivity index (χ0n) is 18.5. The molecular formula is C26H31N3O2. The van der Waals surface area contributed by atoms with Crippen LogP contribution < -0.4 is 4.90 Å². The molecule has 2 aromatic carbocycles. The Morgan fingerprint density at radius 3 is 2.58 bits per heavy atom. The second-order valence-corrected chi connectivity index (χ2v) is 9.39. The van der Waals surface area contributed by atoms with Crippen molar-refractivity contribution in [3.8, 4) is 0 Å². The molecule has 2 unspecified atom stereocenters. The number of rotatable bonds is 3. The van der Waals surface area contributed by atoms with Gasteiger partial charge in [0.2, 0.25) is 11.8 Å². The molecular weight excluding hydrogens is 386 g/mol. The summed E-state index contributed by atoms with van der Waals surface area (Å²) in [5, 5.41) is 0. The topological polar surface area (TPSA) is 43.9 Å². The van der Waals surface area contributed by atoms with Gasteiger partial charge in [0.1, 0.15) is 0 Å². The Morgan fingerprint density at radius 1 is 0.968 bits per heavy atom. The monoisotopic (exact) mass is 417 g/mol. The van der Waals surface area contributed by atoms with Crippen LogP contribution in [-0.2, 0) is 22.6 Å². The number of hydrogen-bond donors (Lipinski definition) is 0. The second-order valence-electron chi connectivity index (χ2n) is 9.39. The lowest BCUT2D eigenvalue weighted by atomic mass is 9.98. The van der Waals surface area contributed by atoms with Gasteiger partial charge in [-0.3, -0.25) is 14.5 Å². The number of fused-ring (bicyclic) bond motifs is 1. The molecule has 3 aliphatic heterocycles. The van der Waals surface area contributed by atoms with Crippen molar-refractivity contribution in [1.29, 1.82) is 0 Å². The molecule has 0 spiro atoms. The van der Waals surface area contributed by atoms with Gasteiger partial charge in [-0.15, -0.1) is 0 Å². The third-order valence-electron chi connectivity index (χ3n) is 7.43. The van der Waals surface area contributed by atoms with E-state index in [0.717, 1.165) is 44.7 Å². The van der Waals surface area contributed by atoms with Crippen LogP contribution in [0.4, 0.5) is 5.69 Å². The SMILES string of the molecule is Cc1ccc(N2CC(C(=O)N3CCC(N4CCc5ccccc5C4)C3)CC2=O)cc1C. The normalized spacial score (nSPS) is 24.0. The predicted octanol–water partition coefficient (Wildman–Crippen LogP) is 3.32. The smallest absolute Gasteiger partial charge is 0.228 e. The number of hydrogen-bond acceptors (Lipinski definition) is 3. The van der Waals surface area contributed by atoms with Crippen LogP contribution in [0.25, 0.3) is 0 Å². The fourth-order valence-electron chi connectivity index (χ4n) is 5.34. The lowest BCUT2D eigenvalue weighted by Gasteiger charge is -2.33. The van der Waals surface area contributed by atoms with Crippen molar-refractivity contribution in [3.63, 3.8) is 0 Å². The van der Waals surface area contributed by atoms with Gasteiger partial charge in [0.25, 0.3) is 0 Å². The number of amides is 2. The third kappa shape index (κ3) is 3.87. The van der Waals surface area contributed by atoms with E-state index in [2.05, 4.69) is 55.1 Å². The quantitative estimate of drug-likeness (QED) is 0.770. The first-order chi connectivity index (χ1) is 15.0. The first-order valence-corrected chi connectivity index (χ1v) is 11.5. The summed E-state index contributed by atoms with van der Waals surface area (Å²) in [6, 6.07) is 15.2. The van der Waals surface area contributed by atoms with Gasteiger partial charge in [0, 0.05) is 50.9 Å². The molecule has 0 saturated carbocycles. The molecule has 31 heavy (non-hydrogen) atoms. The fraction of sp³-hybridized carbons (Fsp3) is 0.462. The summed E-state index contributed by atoms with van der Waals surface area (Å²) in [6.45, 7) is 8.26. The van der Waals surface area contributed by atoms with E-state index in [9.17, 15) is 9.59 Å². The molecule has 2 amide bonds. The van der Waals surface area contributed by atoms with Crippen molar-refractivity contribution >= 4 is 17.5 Å². The van der Waals surface area contributed by atoms with Gasteiger partial charge in [0.05, 0.1) is 5.92 Å². The molecule has 3 aliphatic rings. The minimum atomic E-state index is -0.227. The van der Waals surface area contributed by atoms with Gasteiger partial charge in [-0.05, 0) is 61.1 Å². The average molecular weight is 418 g/mol. The van der Waals surface area contributed by atoms with E-state index in [-0.39, 0.29) is 17.7 Å². The molecule has 5 nitrogen and oxygen atoms in total. The van der Waals surface area contributed by atoms with Crippen LogP contribution in [0.3, 0.4) is 0 Å². The van der Waals surface area contributed by atoms with Crippen molar-refractivity contribution in [2.45, 2.75) is 45.7 Å². The number of anilines is 1. The Morgan fingerprint density at radius 2 is 1.77 bits per heavy atom. The molecule has 0 bridgehead atoms. The van der Waals surface area contributed by atoms with Crippen LogP contribution in [0.2, 0.25) is 0 Å². The summed E-state index contributed by atoms with van der Waals surface area (Å²) in [5.74, 6) is -0.0143. The standard InChI is InChI=1S/C26H31N3O2/c1-18-7-8-23(13-19(18)2)29-16-22(14-25(29)30)26(31)28-12-10-24(17-28)27-11-9-20-5-3-4-6-21(20)15-27/h3-8,13,22,24H,9-12,14-17H2,1-2H3. The number of likely N-dealkylation sites (tertiary alicyclic amines) is 1. The Hall–Kier alpha value is -2.66. The largest absolute Gasteiger partial charge is 0.341 e. The molecule has 5 rings (SSSR count). The van der Waals surface area contributed by atoms with Gasteiger partial charge in [-0.25, -0.2) is 0 Å². The summed E-state index contributed by atoms with van der Waals surface area (Å²) < 4.78 is 0. The second kappa shape index (κ2) is 8.12. The highest BCUT2D eigenvalue weighted by Crippen LogP contribution is 2.30. The summed E-state index contributed by atoms with van der Waals surface area (Å²) in [7, 11) is 0. The highest BCUT2D eigenvalue weighted by atomic mass is 16.2. The van der Waals surface area contributed by atoms with Crippen LogP contribution in [-0.4, -0.2) is 53.8 Å². The van der Waals surface area contributed by atoms with Crippen molar-refractivity contribution < 1.29 is 9.59 Å². The van der Waals surface area contributed by atoms with Gasteiger partial charge in [-0.1, -0.05) is 30.3 Å². The maximum Gasteiger partial charge on any atom is 0.228 e. The number of aryl methyl sites for hydroxylation is 2. The number of carbonyl (C=O) groups is 2. The minimum absolute atomic E-state index is 0.0602. The summed E-state index contributed by atoms with van der Waals surface area (Å²) >= 11 is 0. The number of nitrogens with zero attached hydrogens (tertiary/aromatic N) is 3. The third-order valence-corrected chi connectivity index (χ3v) is 7.43. The Labute approximate surface area is 184 Å². The van der Waals surface area contributed by atoms with Crippen LogP contribution in [0, 0.1) is 19.8 Å². The summed E-state index contributed by atoms with van der Waals surface area (Å²) in [5.41, 5.74) is 6.18. The van der Waals surface area contributed by atoms with E-state index in [0.29, 0.717) is 19.0 Å². The van der Waals surface area contributed by atoms with Crippen molar-refractivity contribution in [2.24, 2.45) is 5.92 Å². The molecule has 2 atom stereocenters. The van der Waals surface area contributed by atoms with Crippen LogP contribution in [0.15, 0.2) is 42.5 Å². The predicted molar refractivity (Wildman–Crippen MR) is 122 cm³/mol. The van der Waals surface area contributed by atoms with Crippen LogP contribution >= 0.6 is 0 Å². The molecule has 3 heterocycles. The number of carbonyl (C=O) groups excluding carboxylic acids is 2. The molecule has 2 saturated heterocycles. The average Bonchev–Trinajstić information content (AvgIpc) is 3.42. The molecule has 0 aliphatic carbocycles. The number of benzene rings is 2. The van der Waals surface area contributed by atoms with E-state index in [4.69, 9.17) is 0 Å². The van der Waals surface area contributed by atoms with Gasteiger partial charge in [-0.2, -0.15) is 0 Å². The fourth-order valence-corrected chi connectivity index (χ4v) is 5.34. The zero-order valence-corrected chi connectivity index (χ0v) is 18.5. The van der Waals surface area contributed by atoms with E-state index >= 15 is 0 Å². The maximum absolute atomic E-state index is 13.2. The highest BCUT2D eigenvalue weighted by Gasteiger charge is 2.40. The molecule has 5 heteroatoms. The van der Waals surface area contributed by atoms with Crippen molar-refractivity contribution in [3.05, 3.63) is 64.7 Å². The first kappa shape index (κ1) is 20.3. The highest BCUT2D eigenvalue weighted by molar-refractivity contribution is 6.00. The Balaban J connectivity index is 1.21. The van der Waals surface area contributed by atoms with Crippen molar-refractivity contribution in [1.82, 2.24) is 9.80 Å². The Kier molecular flexibility index (Phi) is 5.30. The maximum atomic E-state index is 13.2. The molecule has 0 radical (unpaired) electrons. The van der Waals surface area contributed by atoms with Crippen LogP contribution in [0.1, 0.15) is 35.1 Å². The van der Waals surface area contributed by atoms with Crippen molar-refractivity contribution in [2.75, 3.05) is 31.1 Å². The summed E-state index contributed by atoms with van der Waals surface area (Å²) in [4.78, 5) is 32.3. The molecule has 162 valence electrons. The van der Waals surface area contributed by atoms with Gasteiger partial charge < -0.3 is 9.80 Å². The lowest BCUT2D eigenvalue weighted by Crippen LogP contribution is -2.42. The van der Waals surface area contributed by atoms with E-state index in [1.54, 1.807) is 4.90 Å². The zero-order chi connectivity index (χ0) is 21.5. The molecule has 2 fully saturated rings. The lowest BCUT2D eigenvalue weighted by molar-refractivity contribution is -0.135. The molecule has 0 N–H and O–H groups in total. The molecule has 0 aromatic heterocycles. The van der Waals surface area contributed by atoms with E-state index in [1.807, 2.05) is 11.0 Å². The van der Waals surface area contributed by atoms with Crippen LogP contribution in [0.5, 0.6) is 0 Å². The summed E-state index contributed by atoms with van der Waals surface area (Å²) in [6.07, 6.45) is 2.43. The van der Waals surface area contributed by atoms with Gasteiger partial charge in [0.15, 0.2) is 0 Å². The van der Waals surface area contributed by atoms with E-state index in [1.165, 1.54) is 22.3 Å². The van der Waals surface area contributed by atoms with E-state index < -0.39 is 0 Å². The molecule has 2 aromatic rings. The minimum Gasteiger partial charge on any atom is -0.341 e. The first-order valence-electron chi connectivity index (χ1n) is 11.5. The van der Waals surface area contributed by atoms with Gasteiger partial charge >= 0.3 is 0 Å². The Bertz CT molecular complexity index is 1020.